The van der Waals surface area contributed by atoms with Crippen LogP contribution in [0.15, 0.2) is 6.20 Å². The van der Waals surface area contributed by atoms with Crippen molar-refractivity contribution < 1.29 is 9.84 Å². The molecule has 2 saturated heterocycles. The third-order valence-corrected chi connectivity index (χ3v) is 4.74. The van der Waals surface area contributed by atoms with Crippen molar-refractivity contribution in [3.8, 4) is 0 Å². The zero-order chi connectivity index (χ0) is 13.5. The second kappa shape index (κ2) is 4.89. The van der Waals surface area contributed by atoms with Gasteiger partial charge in [0.1, 0.15) is 5.82 Å². The van der Waals surface area contributed by atoms with Crippen LogP contribution in [0.2, 0.25) is 0 Å². The fourth-order valence-corrected chi connectivity index (χ4v) is 3.49. The number of nitrogens with zero attached hydrogens (tertiary/aromatic N) is 3. The van der Waals surface area contributed by atoms with Gasteiger partial charge in [0.15, 0.2) is 0 Å². The summed E-state index contributed by atoms with van der Waals surface area (Å²) in [5.41, 5.74) is 1.08. The number of aliphatic hydroxyl groups is 1. The van der Waals surface area contributed by atoms with E-state index in [0.717, 1.165) is 44.2 Å². The Labute approximate surface area is 114 Å². The number of rotatable bonds is 3. The van der Waals surface area contributed by atoms with Gasteiger partial charge in [0, 0.05) is 44.9 Å². The lowest BCUT2D eigenvalue weighted by Gasteiger charge is -2.36. The molecule has 2 atom stereocenters. The van der Waals surface area contributed by atoms with Crippen LogP contribution in [0.3, 0.4) is 0 Å². The maximum absolute atomic E-state index is 9.76. The lowest BCUT2D eigenvalue weighted by atomic mass is 9.76. The van der Waals surface area contributed by atoms with Crippen LogP contribution in [0, 0.1) is 18.3 Å². The SMILES string of the molecule is Cc1nc(CN2C[C@@H]3CCOC[C@]3(CO)C2)cn1C. The standard InChI is InChI=1S/C14H23N3O2/c1-11-15-13(6-16(11)2)7-17-5-12-3-4-19-10-14(12,8-17)9-18/h6,12,18H,3-5,7-10H2,1-2H3/t12-,14+/m0/s1. The van der Waals surface area contributed by atoms with E-state index < -0.39 is 0 Å². The largest absolute Gasteiger partial charge is 0.396 e. The number of ether oxygens (including phenoxy) is 1. The Morgan fingerprint density at radius 1 is 1.58 bits per heavy atom. The zero-order valence-electron chi connectivity index (χ0n) is 11.8. The van der Waals surface area contributed by atoms with Crippen LogP contribution in [0.1, 0.15) is 17.9 Å². The van der Waals surface area contributed by atoms with Crippen LogP contribution in [0.4, 0.5) is 0 Å². The van der Waals surface area contributed by atoms with Gasteiger partial charge >= 0.3 is 0 Å². The Balaban J connectivity index is 1.70. The van der Waals surface area contributed by atoms with E-state index in [2.05, 4.69) is 20.6 Å². The van der Waals surface area contributed by atoms with Crippen LogP contribution in [0.5, 0.6) is 0 Å². The first-order valence-electron chi connectivity index (χ1n) is 7.03. The van der Waals surface area contributed by atoms with Crippen LogP contribution >= 0.6 is 0 Å². The van der Waals surface area contributed by atoms with Crippen molar-refractivity contribution in [2.24, 2.45) is 18.4 Å². The molecule has 0 bridgehead atoms. The predicted molar refractivity (Wildman–Crippen MR) is 71.7 cm³/mol. The summed E-state index contributed by atoms with van der Waals surface area (Å²) >= 11 is 0. The molecule has 2 aliphatic rings. The predicted octanol–water partition coefficient (Wildman–Crippen LogP) is 0.559. The first kappa shape index (κ1) is 13.1. The van der Waals surface area contributed by atoms with E-state index in [1.165, 1.54) is 0 Å². The molecular weight excluding hydrogens is 242 g/mol. The highest BCUT2D eigenvalue weighted by molar-refractivity contribution is 5.05. The average molecular weight is 265 g/mol. The lowest BCUT2D eigenvalue weighted by Crippen LogP contribution is -2.42. The first-order chi connectivity index (χ1) is 9.13. The number of likely N-dealkylation sites (tertiary alicyclic amines) is 1. The summed E-state index contributed by atoms with van der Waals surface area (Å²) in [7, 11) is 2.03. The Bertz CT molecular complexity index is 440. The third kappa shape index (κ3) is 2.30. The van der Waals surface area contributed by atoms with E-state index in [9.17, 15) is 5.11 Å². The first-order valence-corrected chi connectivity index (χ1v) is 7.03. The molecule has 5 nitrogen and oxygen atoms in total. The van der Waals surface area contributed by atoms with Crippen LogP contribution in [0.25, 0.3) is 0 Å². The Kier molecular flexibility index (Phi) is 3.37. The number of hydrogen-bond acceptors (Lipinski definition) is 4. The van der Waals surface area contributed by atoms with E-state index >= 15 is 0 Å². The van der Waals surface area contributed by atoms with E-state index in [1.54, 1.807) is 0 Å². The van der Waals surface area contributed by atoms with Crippen LogP contribution < -0.4 is 0 Å². The number of aliphatic hydroxyl groups excluding tert-OH is 1. The highest BCUT2D eigenvalue weighted by Gasteiger charge is 2.48. The summed E-state index contributed by atoms with van der Waals surface area (Å²) < 4.78 is 7.65. The van der Waals surface area contributed by atoms with Crippen LogP contribution in [-0.4, -0.2) is 52.5 Å². The normalized spacial score (nSPS) is 31.6. The van der Waals surface area contributed by atoms with E-state index in [4.69, 9.17) is 4.74 Å². The Morgan fingerprint density at radius 3 is 3.05 bits per heavy atom. The summed E-state index contributed by atoms with van der Waals surface area (Å²) in [4.78, 5) is 6.98. The van der Waals surface area contributed by atoms with E-state index in [0.29, 0.717) is 12.5 Å². The van der Waals surface area contributed by atoms with Gasteiger partial charge < -0.3 is 14.4 Å². The van der Waals surface area contributed by atoms with Gasteiger partial charge in [0.25, 0.3) is 0 Å². The van der Waals surface area contributed by atoms with Crippen molar-refractivity contribution in [2.75, 3.05) is 32.9 Å². The molecule has 0 radical (unpaired) electrons. The van der Waals surface area contributed by atoms with Crippen molar-refractivity contribution in [2.45, 2.75) is 19.9 Å². The molecule has 0 unspecified atom stereocenters. The molecule has 0 aliphatic carbocycles. The summed E-state index contributed by atoms with van der Waals surface area (Å²) in [6, 6.07) is 0. The molecule has 106 valence electrons. The highest BCUT2D eigenvalue weighted by atomic mass is 16.5. The third-order valence-electron chi connectivity index (χ3n) is 4.74. The van der Waals surface area contributed by atoms with Crippen molar-refractivity contribution in [3.05, 3.63) is 17.7 Å². The van der Waals surface area contributed by atoms with Crippen molar-refractivity contribution in [3.63, 3.8) is 0 Å². The molecular formula is C14H23N3O2. The topological polar surface area (TPSA) is 50.5 Å². The molecule has 2 fully saturated rings. The molecule has 3 heterocycles. The number of aromatic nitrogens is 2. The fraction of sp³-hybridized carbons (Fsp3) is 0.786. The van der Waals surface area contributed by atoms with Gasteiger partial charge in [-0.1, -0.05) is 0 Å². The minimum Gasteiger partial charge on any atom is -0.396 e. The van der Waals surface area contributed by atoms with E-state index in [1.807, 2.05) is 14.0 Å². The minimum absolute atomic E-state index is 0.0396. The molecule has 1 N–H and O–H groups in total. The van der Waals surface area contributed by atoms with Crippen molar-refractivity contribution in [1.82, 2.24) is 14.5 Å². The molecule has 1 aromatic rings. The van der Waals surface area contributed by atoms with Gasteiger partial charge in [-0.3, -0.25) is 4.90 Å². The summed E-state index contributed by atoms with van der Waals surface area (Å²) in [6.45, 7) is 6.64. The van der Waals surface area contributed by atoms with Crippen molar-refractivity contribution in [1.29, 1.82) is 0 Å². The zero-order valence-corrected chi connectivity index (χ0v) is 11.8. The van der Waals surface area contributed by atoms with Crippen molar-refractivity contribution >= 4 is 0 Å². The number of aryl methyl sites for hydroxylation is 2. The monoisotopic (exact) mass is 265 g/mol. The Hall–Kier alpha value is -0.910. The quantitative estimate of drug-likeness (QED) is 0.867. The molecule has 3 rings (SSSR count). The van der Waals surface area contributed by atoms with Gasteiger partial charge in [-0.05, 0) is 19.3 Å². The molecule has 0 saturated carbocycles. The molecule has 0 spiro atoms. The molecule has 5 heteroatoms. The van der Waals surface area contributed by atoms with Gasteiger partial charge in [-0.25, -0.2) is 4.98 Å². The minimum atomic E-state index is -0.0396. The van der Waals surface area contributed by atoms with E-state index in [-0.39, 0.29) is 12.0 Å². The van der Waals surface area contributed by atoms with Gasteiger partial charge in [-0.2, -0.15) is 0 Å². The summed E-state index contributed by atoms with van der Waals surface area (Å²) in [6.07, 6.45) is 3.16. The number of fused-ring (bicyclic) bond motifs is 1. The second-order valence-electron chi connectivity index (χ2n) is 6.12. The molecule has 0 aromatic carbocycles. The summed E-state index contributed by atoms with van der Waals surface area (Å²) in [5, 5.41) is 9.76. The van der Waals surface area contributed by atoms with Gasteiger partial charge in [0.05, 0.1) is 18.9 Å². The maximum atomic E-state index is 9.76. The molecule has 0 amide bonds. The molecule has 19 heavy (non-hydrogen) atoms. The summed E-state index contributed by atoms with van der Waals surface area (Å²) in [5.74, 6) is 1.61. The van der Waals surface area contributed by atoms with Gasteiger partial charge in [-0.15, -0.1) is 0 Å². The number of hydrogen-bond donors (Lipinski definition) is 1. The fourth-order valence-electron chi connectivity index (χ4n) is 3.49. The average Bonchev–Trinajstić information content (AvgIpc) is 2.90. The smallest absolute Gasteiger partial charge is 0.105 e. The molecule has 2 aliphatic heterocycles. The maximum Gasteiger partial charge on any atom is 0.105 e. The van der Waals surface area contributed by atoms with Crippen LogP contribution in [-0.2, 0) is 18.3 Å². The molecule has 1 aromatic heterocycles. The lowest BCUT2D eigenvalue weighted by molar-refractivity contribution is -0.0561. The second-order valence-corrected chi connectivity index (χ2v) is 6.12. The Morgan fingerprint density at radius 2 is 2.42 bits per heavy atom. The highest BCUT2D eigenvalue weighted by Crippen LogP contribution is 2.41. The number of imidazole rings is 1. The van der Waals surface area contributed by atoms with Gasteiger partial charge in [0.2, 0.25) is 0 Å².